The molecule has 0 radical (unpaired) electrons. The molecule has 4 rings (SSSR count). The highest BCUT2D eigenvalue weighted by atomic mass is 32.1. The van der Waals surface area contributed by atoms with Crippen LogP contribution in [0.25, 0.3) is 0 Å². The maximum Gasteiger partial charge on any atom is 0.303 e. The van der Waals surface area contributed by atoms with E-state index in [2.05, 4.69) is 15.5 Å². The minimum Gasteiger partial charge on any atom is -0.481 e. The lowest BCUT2D eigenvalue weighted by Crippen LogP contribution is -2.38. The zero-order valence-corrected chi connectivity index (χ0v) is 16.1. The van der Waals surface area contributed by atoms with E-state index < -0.39 is 11.9 Å². The quantitative estimate of drug-likeness (QED) is 0.752. The van der Waals surface area contributed by atoms with Crippen molar-refractivity contribution in [3.8, 4) is 11.5 Å². The Morgan fingerprint density at radius 2 is 1.86 bits per heavy atom. The number of ether oxygens (including phenoxy) is 2. The van der Waals surface area contributed by atoms with Gasteiger partial charge in [-0.15, -0.1) is 10.2 Å². The smallest absolute Gasteiger partial charge is 0.303 e. The molecule has 10 nitrogen and oxygen atoms in total. The lowest BCUT2D eigenvalue weighted by atomic mass is 9.93. The highest BCUT2D eigenvalue weighted by Gasteiger charge is 2.28. The van der Waals surface area contributed by atoms with Crippen molar-refractivity contribution in [2.24, 2.45) is 5.92 Å². The Morgan fingerprint density at radius 1 is 1.14 bits per heavy atom. The average molecular weight is 418 g/mol. The van der Waals surface area contributed by atoms with E-state index in [-0.39, 0.29) is 35.1 Å². The average Bonchev–Trinajstić information content (AvgIpc) is 3.37. The van der Waals surface area contributed by atoms with Crippen molar-refractivity contribution >= 4 is 34.8 Å². The highest BCUT2D eigenvalue weighted by molar-refractivity contribution is 7.15. The van der Waals surface area contributed by atoms with Gasteiger partial charge < -0.3 is 24.8 Å². The number of nitrogens with one attached hydrogen (secondary N) is 1. The van der Waals surface area contributed by atoms with E-state index in [1.807, 2.05) is 0 Å². The van der Waals surface area contributed by atoms with Crippen LogP contribution in [0.4, 0.5) is 5.69 Å². The molecule has 1 fully saturated rings. The predicted molar refractivity (Wildman–Crippen MR) is 101 cm³/mol. The molecule has 11 heteroatoms. The van der Waals surface area contributed by atoms with E-state index in [9.17, 15) is 14.4 Å². The second-order valence-electron chi connectivity index (χ2n) is 6.77. The fraction of sp³-hybridized carbons (Fsp3) is 0.389. The number of rotatable bonds is 5. The van der Waals surface area contributed by atoms with Gasteiger partial charge in [-0.25, -0.2) is 0 Å². The topological polar surface area (TPSA) is 131 Å². The molecule has 1 saturated heterocycles. The Labute approximate surface area is 169 Å². The third-order valence-electron chi connectivity index (χ3n) is 4.80. The van der Waals surface area contributed by atoms with Crippen molar-refractivity contribution in [3.05, 3.63) is 28.2 Å². The minimum atomic E-state index is -0.822. The molecular formula is C18H18N4O6S. The lowest BCUT2D eigenvalue weighted by Gasteiger charge is -2.30. The molecular weight excluding hydrogens is 400 g/mol. The summed E-state index contributed by atoms with van der Waals surface area (Å²) in [5, 5.41) is 19.5. The third kappa shape index (κ3) is 4.29. The van der Waals surface area contributed by atoms with E-state index in [0.29, 0.717) is 43.1 Å². The monoisotopic (exact) mass is 418 g/mol. The van der Waals surface area contributed by atoms with Crippen LogP contribution in [0.2, 0.25) is 0 Å². The predicted octanol–water partition coefficient (Wildman–Crippen LogP) is 1.85. The second-order valence-corrected chi connectivity index (χ2v) is 7.75. The number of hydrogen-bond acceptors (Lipinski definition) is 8. The van der Waals surface area contributed by atoms with Crippen LogP contribution >= 0.6 is 11.3 Å². The van der Waals surface area contributed by atoms with E-state index >= 15 is 0 Å². The molecule has 2 aliphatic heterocycles. The highest BCUT2D eigenvalue weighted by Crippen LogP contribution is 2.34. The van der Waals surface area contributed by atoms with Crippen LogP contribution in [0.5, 0.6) is 11.5 Å². The van der Waals surface area contributed by atoms with Gasteiger partial charge >= 0.3 is 5.97 Å². The number of likely N-dealkylation sites (tertiary alicyclic amines) is 1. The number of hydrogen-bond donors (Lipinski definition) is 2. The Morgan fingerprint density at radius 3 is 2.62 bits per heavy atom. The van der Waals surface area contributed by atoms with E-state index in [1.165, 1.54) is 0 Å². The first-order chi connectivity index (χ1) is 14.0. The van der Waals surface area contributed by atoms with Crippen LogP contribution in [0, 0.1) is 5.92 Å². The Balaban J connectivity index is 1.36. The molecule has 2 aliphatic rings. The molecule has 152 valence electrons. The number of aliphatic carboxylic acids is 1. The number of carboxylic acid groups (broad SMARTS) is 1. The molecule has 2 aromatic rings. The number of carboxylic acids is 1. The Hall–Kier alpha value is -3.21. The molecule has 1 aromatic carbocycles. The first kappa shape index (κ1) is 19.1. The van der Waals surface area contributed by atoms with Gasteiger partial charge in [-0.3, -0.25) is 14.4 Å². The van der Waals surface area contributed by atoms with E-state index in [1.54, 1.807) is 23.1 Å². The number of fused-ring (bicyclic) bond motifs is 1. The van der Waals surface area contributed by atoms with Crippen molar-refractivity contribution in [2.75, 3.05) is 25.2 Å². The zero-order chi connectivity index (χ0) is 20.4. The minimum absolute atomic E-state index is 0.0757. The second kappa shape index (κ2) is 8.03. The van der Waals surface area contributed by atoms with Gasteiger partial charge in [0.1, 0.15) is 0 Å². The molecule has 0 aliphatic carbocycles. The molecule has 29 heavy (non-hydrogen) atoms. The molecule has 3 heterocycles. The van der Waals surface area contributed by atoms with Crippen LogP contribution < -0.4 is 14.8 Å². The van der Waals surface area contributed by atoms with Crippen molar-refractivity contribution in [3.63, 3.8) is 0 Å². The normalized spacial score (nSPS) is 15.9. The fourth-order valence-electron chi connectivity index (χ4n) is 3.28. The fourth-order valence-corrected chi connectivity index (χ4v) is 3.99. The number of amides is 2. The summed E-state index contributed by atoms with van der Waals surface area (Å²) in [6, 6.07) is 5.02. The van der Waals surface area contributed by atoms with Gasteiger partial charge in [0.25, 0.3) is 11.8 Å². The van der Waals surface area contributed by atoms with Crippen molar-refractivity contribution in [1.82, 2.24) is 15.1 Å². The van der Waals surface area contributed by atoms with Gasteiger partial charge in [-0.2, -0.15) is 0 Å². The summed E-state index contributed by atoms with van der Waals surface area (Å²) in [6.45, 7) is 1.08. The Kier molecular flexibility index (Phi) is 5.30. The van der Waals surface area contributed by atoms with Crippen LogP contribution in [0.3, 0.4) is 0 Å². The number of benzene rings is 1. The summed E-state index contributed by atoms with van der Waals surface area (Å²) >= 11 is 0.923. The molecule has 0 saturated carbocycles. The van der Waals surface area contributed by atoms with Crippen molar-refractivity contribution < 1.29 is 29.0 Å². The number of carbonyl (C=O) groups is 3. The van der Waals surface area contributed by atoms with Crippen molar-refractivity contribution in [2.45, 2.75) is 19.3 Å². The lowest BCUT2D eigenvalue weighted by molar-refractivity contribution is -0.138. The number of piperidine rings is 1. The largest absolute Gasteiger partial charge is 0.481 e. The first-order valence-electron chi connectivity index (χ1n) is 9.05. The Bertz CT molecular complexity index is 954. The summed E-state index contributed by atoms with van der Waals surface area (Å²) < 4.78 is 10.5. The van der Waals surface area contributed by atoms with Crippen LogP contribution in [0.15, 0.2) is 18.2 Å². The molecule has 0 spiro atoms. The van der Waals surface area contributed by atoms with E-state index in [0.717, 1.165) is 11.3 Å². The summed E-state index contributed by atoms with van der Waals surface area (Å²) in [7, 11) is 0. The van der Waals surface area contributed by atoms with Gasteiger partial charge in [0.15, 0.2) is 11.5 Å². The third-order valence-corrected chi connectivity index (χ3v) is 5.71. The molecule has 0 bridgehead atoms. The molecule has 0 atom stereocenters. The number of carbonyl (C=O) groups excluding carboxylic acids is 2. The summed E-state index contributed by atoms with van der Waals surface area (Å²) in [5.41, 5.74) is 0.517. The van der Waals surface area contributed by atoms with Gasteiger partial charge in [-0.05, 0) is 30.9 Å². The summed E-state index contributed by atoms with van der Waals surface area (Å²) in [6.07, 6.45) is 1.38. The van der Waals surface area contributed by atoms with Gasteiger partial charge in [0.05, 0.1) is 0 Å². The summed E-state index contributed by atoms with van der Waals surface area (Å²) in [4.78, 5) is 37.5. The maximum atomic E-state index is 12.6. The molecule has 2 amide bonds. The number of anilines is 1. The van der Waals surface area contributed by atoms with Crippen LogP contribution in [-0.2, 0) is 4.79 Å². The van der Waals surface area contributed by atoms with Crippen molar-refractivity contribution in [1.29, 1.82) is 0 Å². The van der Waals surface area contributed by atoms with Gasteiger partial charge in [0, 0.05) is 31.3 Å². The van der Waals surface area contributed by atoms with E-state index in [4.69, 9.17) is 14.6 Å². The van der Waals surface area contributed by atoms with Crippen LogP contribution in [0.1, 0.15) is 38.9 Å². The first-order valence-corrected chi connectivity index (χ1v) is 9.87. The van der Waals surface area contributed by atoms with Gasteiger partial charge in [-0.1, -0.05) is 11.3 Å². The molecule has 2 N–H and O–H groups in total. The standard InChI is InChI=1S/C18H18N4O6S/c23-14(24)7-10-3-5-22(6-4-10)18(26)17-21-20-16(29-17)15(25)19-11-1-2-12-13(8-11)28-9-27-12/h1-2,8,10H,3-7,9H2,(H,19,25)(H,23,24). The molecule has 1 aromatic heterocycles. The SMILES string of the molecule is O=C(O)CC1CCN(C(=O)c2nnc(C(=O)Nc3ccc4c(c3)OCO4)s2)CC1. The number of nitrogens with zero attached hydrogens (tertiary/aromatic N) is 3. The molecule has 0 unspecified atom stereocenters. The maximum absolute atomic E-state index is 12.6. The summed E-state index contributed by atoms with van der Waals surface area (Å²) in [5.74, 6) is -0.355. The zero-order valence-electron chi connectivity index (χ0n) is 15.3. The number of aromatic nitrogens is 2. The van der Waals surface area contributed by atoms with Gasteiger partial charge in [0.2, 0.25) is 16.8 Å². The van der Waals surface area contributed by atoms with Crippen LogP contribution in [-0.4, -0.2) is 57.9 Å².